The summed E-state index contributed by atoms with van der Waals surface area (Å²) in [7, 11) is 0. The molecular formula is C19H22N4O3S. The van der Waals surface area contributed by atoms with Gasteiger partial charge in [-0.1, -0.05) is 42.1 Å². The third kappa shape index (κ3) is 4.00. The summed E-state index contributed by atoms with van der Waals surface area (Å²) in [5, 5.41) is 18.7. The summed E-state index contributed by atoms with van der Waals surface area (Å²) in [4.78, 5) is 25.3. The summed E-state index contributed by atoms with van der Waals surface area (Å²) >= 11 is 1.35. The molecule has 1 saturated carbocycles. The lowest BCUT2D eigenvalue weighted by molar-refractivity contribution is -0.147. The van der Waals surface area contributed by atoms with E-state index >= 15 is 0 Å². The number of carbonyl (C=O) groups excluding carboxylic acids is 1. The van der Waals surface area contributed by atoms with Crippen molar-refractivity contribution in [2.75, 3.05) is 12.3 Å². The van der Waals surface area contributed by atoms with Crippen molar-refractivity contribution in [2.45, 2.75) is 49.3 Å². The van der Waals surface area contributed by atoms with E-state index in [0.29, 0.717) is 25.4 Å². The number of thioether (sulfide) groups is 1. The molecular weight excluding hydrogens is 364 g/mol. The van der Waals surface area contributed by atoms with Crippen LogP contribution in [-0.4, -0.2) is 55.0 Å². The van der Waals surface area contributed by atoms with Crippen LogP contribution in [0.3, 0.4) is 0 Å². The van der Waals surface area contributed by atoms with Gasteiger partial charge in [0.05, 0.1) is 12.3 Å². The molecule has 0 bridgehead atoms. The maximum absolute atomic E-state index is 12.5. The van der Waals surface area contributed by atoms with Gasteiger partial charge in [0.25, 0.3) is 0 Å². The number of benzene rings is 1. The van der Waals surface area contributed by atoms with Crippen LogP contribution in [0.15, 0.2) is 35.5 Å². The van der Waals surface area contributed by atoms with Crippen LogP contribution in [0.4, 0.5) is 0 Å². The second-order valence-corrected chi connectivity index (χ2v) is 8.00. The molecule has 0 radical (unpaired) electrons. The molecule has 1 amide bonds. The Morgan fingerprint density at radius 2 is 1.93 bits per heavy atom. The Balaban J connectivity index is 1.47. The first kappa shape index (κ1) is 18.0. The van der Waals surface area contributed by atoms with Crippen LogP contribution in [0, 0.1) is 0 Å². The average molecular weight is 386 g/mol. The Morgan fingerprint density at radius 1 is 1.15 bits per heavy atom. The largest absolute Gasteiger partial charge is 0.480 e. The number of aliphatic carboxylic acids is 1. The fourth-order valence-corrected chi connectivity index (χ4v) is 4.33. The second kappa shape index (κ2) is 7.72. The van der Waals surface area contributed by atoms with Crippen molar-refractivity contribution in [3.63, 3.8) is 0 Å². The van der Waals surface area contributed by atoms with E-state index in [4.69, 9.17) is 0 Å². The van der Waals surface area contributed by atoms with Gasteiger partial charge in [-0.15, -0.1) is 10.2 Å². The normalized spacial score (nSPS) is 19.4. The lowest BCUT2D eigenvalue weighted by Gasteiger charge is -2.21. The molecule has 2 aromatic rings. The van der Waals surface area contributed by atoms with Crippen molar-refractivity contribution in [1.82, 2.24) is 19.7 Å². The molecule has 1 aromatic carbocycles. The summed E-state index contributed by atoms with van der Waals surface area (Å²) in [5.74, 6) is 0.558. The zero-order chi connectivity index (χ0) is 18.8. The van der Waals surface area contributed by atoms with E-state index in [1.807, 2.05) is 18.2 Å². The highest BCUT2D eigenvalue weighted by Crippen LogP contribution is 2.40. The van der Waals surface area contributed by atoms with Crippen molar-refractivity contribution < 1.29 is 14.7 Å². The van der Waals surface area contributed by atoms with Crippen LogP contribution in [0.5, 0.6) is 0 Å². The number of carboxylic acids is 1. The number of nitrogens with zero attached hydrogens (tertiary/aromatic N) is 4. The molecule has 1 aliphatic carbocycles. The average Bonchev–Trinajstić information content (AvgIpc) is 3.24. The molecule has 1 aromatic heterocycles. The third-order valence-electron chi connectivity index (χ3n) is 5.05. The molecule has 1 atom stereocenters. The van der Waals surface area contributed by atoms with Gasteiger partial charge in [-0.2, -0.15) is 0 Å². The molecule has 1 aliphatic heterocycles. The summed E-state index contributed by atoms with van der Waals surface area (Å²) in [6.07, 6.45) is 3.53. The number of rotatable bonds is 7. The van der Waals surface area contributed by atoms with E-state index in [9.17, 15) is 14.7 Å². The van der Waals surface area contributed by atoms with Crippen molar-refractivity contribution in [3.05, 3.63) is 41.7 Å². The van der Waals surface area contributed by atoms with Crippen molar-refractivity contribution in [2.24, 2.45) is 0 Å². The minimum Gasteiger partial charge on any atom is -0.480 e. The molecule has 7 nitrogen and oxygen atoms in total. The van der Waals surface area contributed by atoms with Crippen LogP contribution < -0.4 is 0 Å². The molecule has 2 aliphatic rings. The fraction of sp³-hybridized carbons (Fsp3) is 0.474. The molecule has 0 unspecified atom stereocenters. The van der Waals surface area contributed by atoms with Crippen molar-refractivity contribution in [1.29, 1.82) is 0 Å². The Kier molecular flexibility index (Phi) is 5.15. The number of amides is 1. The predicted octanol–water partition coefficient (Wildman–Crippen LogP) is 2.37. The molecule has 0 spiro atoms. The number of likely N-dealkylation sites (tertiary alicyclic amines) is 1. The van der Waals surface area contributed by atoms with Gasteiger partial charge in [0, 0.05) is 12.5 Å². The van der Waals surface area contributed by atoms with E-state index in [2.05, 4.69) is 26.9 Å². The topological polar surface area (TPSA) is 88.3 Å². The van der Waals surface area contributed by atoms with E-state index in [-0.39, 0.29) is 11.7 Å². The molecule has 2 heterocycles. The molecule has 2 fully saturated rings. The lowest BCUT2D eigenvalue weighted by atomic mass is 10.2. The number of hydrogen-bond acceptors (Lipinski definition) is 5. The second-order valence-electron chi connectivity index (χ2n) is 7.06. The first-order valence-electron chi connectivity index (χ1n) is 9.25. The molecule has 1 N–H and O–H groups in total. The van der Waals surface area contributed by atoms with Crippen LogP contribution >= 0.6 is 11.8 Å². The fourth-order valence-electron chi connectivity index (χ4n) is 3.50. The van der Waals surface area contributed by atoms with Gasteiger partial charge < -0.3 is 14.6 Å². The van der Waals surface area contributed by atoms with Crippen molar-refractivity contribution >= 4 is 23.6 Å². The predicted molar refractivity (Wildman–Crippen MR) is 101 cm³/mol. The van der Waals surface area contributed by atoms with E-state index in [1.54, 1.807) is 0 Å². The lowest BCUT2D eigenvalue weighted by Crippen LogP contribution is -2.41. The first-order valence-corrected chi connectivity index (χ1v) is 10.2. The maximum atomic E-state index is 12.5. The molecule has 4 rings (SSSR count). The zero-order valence-corrected chi connectivity index (χ0v) is 15.8. The van der Waals surface area contributed by atoms with Gasteiger partial charge in [-0.3, -0.25) is 4.79 Å². The number of aromatic nitrogens is 3. The van der Waals surface area contributed by atoms with Gasteiger partial charge in [-0.05, 0) is 31.2 Å². The Labute approximate surface area is 161 Å². The highest BCUT2D eigenvalue weighted by molar-refractivity contribution is 7.99. The van der Waals surface area contributed by atoms with E-state index in [1.165, 1.54) is 16.7 Å². The Hall–Kier alpha value is -2.35. The number of carboxylic acid groups (broad SMARTS) is 1. The molecule has 8 heteroatoms. The van der Waals surface area contributed by atoms with Crippen LogP contribution in [0.25, 0.3) is 0 Å². The van der Waals surface area contributed by atoms with Crippen LogP contribution in [0.2, 0.25) is 0 Å². The molecule has 1 saturated heterocycles. The van der Waals surface area contributed by atoms with Crippen molar-refractivity contribution in [3.8, 4) is 0 Å². The smallest absolute Gasteiger partial charge is 0.326 e. The van der Waals surface area contributed by atoms with Crippen LogP contribution in [0.1, 0.15) is 43.0 Å². The van der Waals surface area contributed by atoms with Gasteiger partial charge in [-0.25, -0.2) is 4.79 Å². The Bertz CT molecular complexity index is 835. The SMILES string of the molecule is O=C(O)[C@H]1CCCN1C(=O)CSc1nnc(C2CC2)n1Cc1ccccc1. The number of carbonyl (C=O) groups is 2. The zero-order valence-electron chi connectivity index (χ0n) is 15.0. The minimum atomic E-state index is -0.922. The van der Waals surface area contributed by atoms with Gasteiger partial charge in [0.15, 0.2) is 5.16 Å². The first-order chi connectivity index (χ1) is 13.1. The molecule has 27 heavy (non-hydrogen) atoms. The monoisotopic (exact) mass is 386 g/mol. The Morgan fingerprint density at radius 3 is 2.63 bits per heavy atom. The van der Waals surface area contributed by atoms with Crippen LogP contribution in [-0.2, 0) is 16.1 Å². The standard InChI is InChI=1S/C19H22N4O3S/c24-16(22-10-4-7-15(22)18(25)26)12-27-19-21-20-17(14-8-9-14)23(19)11-13-5-2-1-3-6-13/h1-3,5-6,14-15H,4,7-12H2,(H,25,26)/t15-/m1/s1. The summed E-state index contributed by atoms with van der Waals surface area (Å²) in [5.41, 5.74) is 1.16. The van der Waals surface area contributed by atoms with E-state index in [0.717, 1.165) is 35.8 Å². The highest BCUT2D eigenvalue weighted by atomic mass is 32.2. The number of hydrogen-bond donors (Lipinski definition) is 1. The molecule has 142 valence electrons. The minimum absolute atomic E-state index is 0.146. The van der Waals surface area contributed by atoms with Gasteiger partial charge in [0.2, 0.25) is 5.91 Å². The summed E-state index contributed by atoms with van der Waals surface area (Å²) < 4.78 is 2.10. The third-order valence-corrected chi connectivity index (χ3v) is 6.01. The van der Waals surface area contributed by atoms with Gasteiger partial charge >= 0.3 is 5.97 Å². The maximum Gasteiger partial charge on any atom is 0.326 e. The highest BCUT2D eigenvalue weighted by Gasteiger charge is 2.34. The summed E-state index contributed by atoms with van der Waals surface area (Å²) in [6, 6.07) is 9.44. The van der Waals surface area contributed by atoms with E-state index < -0.39 is 12.0 Å². The quantitative estimate of drug-likeness (QED) is 0.735. The summed E-state index contributed by atoms with van der Waals surface area (Å²) in [6.45, 7) is 1.19. The van der Waals surface area contributed by atoms with Gasteiger partial charge in [0.1, 0.15) is 11.9 Å².